The topological polar surface area (TPSA) is 64.6 Å². The molecule has 0 radical (unpaired) electrons. The van der Waals surface area contributed by atoms with Gasteiger partial charge in [-0.25, -0.2) is 9.18 Å². The molecular weight excluding hydrogens is 349 g/mol. The van der Waals surface area contributed by atoms with E-state index in [1.165, 1.54) is 38.1 Å². The highest BCUT2D eigenvalue weighted by molar-refractivity contribution is 6.30. The molecule has 0 saturated heterocycles. The van der Waals surface area contributed by atoms with Crippen LogP contribution < -0.4 is 10.1 Å². The van der Waals surface area contributed by atoms with Crippen molar-refractivity contribution in [3.05, 3.63) is 59.4 Å². The molecule has 0 saturated carbocycles. The van der Waals surface area contributed by atoms with E-state index in [9.17, 15) is 14.0 Å². The van der Waals surface area contributed by atoms with Gasteiger partial charge in [-0.1, -0.05) is 11.6 Å². The third kappa shape index (κ3) is 5.76. The maximum absolute atomic E-state index is 12.8. The zero-order valence-electron chi connectivity index (χ0n) is 13.7. The molecule has 1 N–H and O–H groups in total. The molecule has 2 aromatic carbocycles. The van der Waals surface area contributed by atoms with Crippen LogP contribution in [0.2, 0.25) is 5.02 Å². The first-order chi connectivity index (χ1) is 11.8. The largest absolute Gasteiger partial charge is 0.479 e. The number of ether oxygens (including phenoxy) is 2. The molecule has 2 atom stereocenters. The fraction of sp³-hybridized carbons (Fsp3) is 0.222. The van der Waals surface area contributed by atoms with Crippen LogP contribution in [0.3, 0.4) is 0 Å². The van der Waals surface area contributed by atoms with Gasteiger partial charge in [-0.15, -0.1) is 0 Å². The van der Waals surface area contributed by atoms with E-state index in [1.54, 1.807) is 24.3 Å². The summed E-state index contributed by atoms with van der Waals surface area (Å²) in [7, 11) is 0. The van der Waals surface area contributed by atoms with Crippen LogP contribution in [0.15, 0.2) is 48.5 Å². The van der Waals surface area contributed by atoms with Crippen molar-refractivity contribution in [2.45, 2.75) is 26.1 Å². The summed E-state index contributed by atoms with van der Waals surface area (Å²) in [6.07, 6.45) is -1.96. The Morgan fingerprint density at radius 1 is 1.00 bits per heavy atom. The number of benzene rings is 2. The smallest absolute Gasteiger partial charge is 0.347 e. The van der Waals surface area contributed by atoms with Crippen molar-refractivity contribution in [3.8, 4) is 5.75 Å². The minimum Gasteiger partial charge on any atom is -0.479 e. The Balaban J connectivity index is 1.86. The van der Waals surface area contributed by atoms with E-state index < -0.39 is 29.9 Å². The number of hydrogen-bond acceptors (Lipinski definition) is 4. The zero-order chi connectivity index (χ0) is 18.4. The van der Waals surface area contributed by atoms with Crippen LogP contribution in [0, 0.1) is 5.82 Å². The summed E-state index contributed by atoms with van der Waals surface area (Å²) >= 11 is 5.77. The molecule has 0 heterocycles. The molecule has 0 aromatic heterocycles. The molecule has 0 bridgehead atoms. The second-order valence-electron chi connectivity index (χ2n) is 5.29. The Morgan fingerprint density at radius 3 is 2.20 bits per heavy atom. The van der Waals surface area contributed by atoms with Crippen LogP contribution in [-0.2, 0) is 14.3 Å². The highest BCUT2D eigenvalue weighted by Gasteiger charge is 2.23. The van der Waals surface area contributed by atoms with Crippen molar-refractivity contribution < 1.29 is 23.5 Å². The van der Waals surface area contributed by atoms with Gasteiger partial charge in [0.05, 0.1) is 0 Å². The van der Waals surface area contributed by atoms with Gasteiger partial charge < -0.3 is 14.8 Å². The number of halogens is 2. The fourth-order valence-electron chi connectivity index (χ4n) is 1.87. The highest BCUT2D eigenvalue weighted by atomic mass is 35.5. The Bertz CT molecular complexity index is 734. The molecule has 5 nitrogen and oxygen atoms in total. The molecule has 0 spiro atoms. The number of anilines is 1. The second-order valence-corrected chi connectivity index (χ2v) is 5.73. The molecule has 132 valence electrons. The van der Waals surface area contributed by atoms with Crippen LogP contribution in [0.25, 0.3) is 0 Å². The molecule has 0 aliphatic heterocycles. The van der Waals surface area contributed by atoms with E-state index in [-0.39, 0.29) is 0 Å². The SMILES string of the molecule is C[C@H](OC(=O)[C@@H](C)Oc1ccc(F)cc1)C(=O)Nc1ccc(Cl)cc1. The Kier molecular flexibility index (Phi) is 6.36. The van der Waals surface area contributed by atoms with Gasteiger partial charge in [0.15, 0.2) is 12.2 Å². The summed E-state index contributed by atoms with van der Waals surface area (Å²) in [6, 6.07) is 11.8. The summed E-state index contributed by atoms with van der Waals surface area (Å²) in [4.78, 5) is 24.1. The molecule has 2 rings (SSSR count). The average molecular weight is 366 g/mol. The quantitative estimate of drug-likeness (QED) is 0.790. The number of amides is 1. The molecule has 7 heteroatoms. The number of carbonyl (C=O) groups excluding carboxylic acids is 2. The number of hydrogen-bond donors (Lipinski definition) is 1. The zero-order valence-corrected chi connectivity index (χ0v) is 14.4. The minimum absolute atomic E-state index is 0.323. The molecule has 1 amide bonds. The maximum atomic E-state index is 12.8. The molecule has 25 heavy (non-hydrogen) atoms. The molecule has 2 aromatic rings. The summed E-state index contributed by atoms with van der Waals surface area (Å²) < 4.78 is 23.3. The van der Waals surface area contributed by atoms with Gasteiger partial charge >= 0.3 is 5.97 Å². The van der Waals surface area contributed by atoms with Gasteiger partial charge in [-0.2, -0.15) is 0 Å². The van der Waals surface area contributed by atoms with E-state index >= 15 is 0 Å². The van der Waals surface area contributed by atoms with E-state index in [1.807, 2.05) is 0 Å². The third-order valence-electron chi connectivity index (χ3n) is 3.23. The molecular formula is C18H17ClFNO4. The van der Waals surface area contributed by atoms with Gasteiger partial charge in [0.2, 0.25) is 0 Å². The molecule has 0 unspecified atom stereocenters. The normalized spacial score (nSPS) is 12.8. The number of esters is 1. The Hall–Kier alpha value is -2.60. The van der Waals surface area contributed by atoms with Crippen molar-refractivity contribution in [1.82, 2.24) is 0 Å². The van der Waals surface area contributed by atoms with Gasteiger partial charge in [0.1, 0.15) is 11.6 Å². The van der Waals surface area contributed by atoms with Crippen molar-refractivity contribution in [2.24, 2.45) is 0 Å². The Morgan fingerprint density at radius 2 is 1.60 bits per heavy atom. The van der Waals surface area contributed by atoms with Crippen molar-refractivity contribution >= 4 is 29.2 Å². The van der Waals surface area contributed by atoms with E-state index in [0.717, 1.165) is 0 Å². The first kappa shape index (κ1) is 18.7. The standard InChI is InChI=1S/C18H17ClFNO4/c1-11(17(22)21-15-7-3-13(19)4-8-15)25-18(23)12(2)24-16-9-5-14(20)6-10-16/h3-12H,1-2H3,(H,21,22)/t11-,12+/m0/s1. The van der Waals surface area contributed by atoms with Gasteiger partial charge in [0.25, 0.3) is 5.91 Å². The van der Waals surface area contributed by atoms with Gasteiger partial charge in [-0.3, -0.25) is 4.79 Å². The second kappa shape index (κ2) is 8.48. The predicted octanol–water partition coefficient (Wildman–Crippen LogP) is 3.82. The van der Waals surface area contributed by atoms with E-state index in [2.05, 4.69) is 5.32 Å². The van der Waals surface area contributed by atoms with Crippen molar-refractivity contribution in [3.63, 3.8) is 0 Å². The Labute approximate surface area is 149 Å². The van der Waals surface area contributed by atoms with Crippen LogP contribution in [0.5, 0.6) is 5.75 Å². The molecule has 0 fully saturated rings. The summed E-state index contributed by atoms with van der Waals surface area (Å²) in [6.45, 7) is 2.93. The first-order valence-electron chi connectivity index (χ1n) is 7.54. The number of nitrogens with one attached hydrogen (secondary N) is 1. The monoisotopic (exact) mass is 365 g/mol. The third-order valence-corrected chi connectivity index (χ3v) is 3.48. The lowest BCUT2D eigenvalue weighted by Gasteiger charge is -2.17. The molecule has 0 aliphatic rings. The van der Waals surface area contributed by atoms with Crippen molar-refractivity contribution in [2.75, 3.05) is 5.32 Å². The lowest BCUT2D eigenvalue weighted by atomic mass is 10.3. The maximum Gasteiger partial charge on any atom is 0.347 e. The van der Waals surface area contributed by atoms with E-state index in [4.69, 9.17) is 21.1 Å². The lowest BCUT2D eigenvalue weighted by molar-refractivity contribution is -0.159. The highest BCUT2D eigenvalue weighted by Crippen LogP contribution is 2.15. The van der Waals surface area contributed by atoms with Crippen LogP contribution in [0.4, 0.5) is 10.1 Å². The lowest BCUT2D eigenvalue weighted by Crippen LogP contribution is -2.35. The van der Waals surface area contributed by atoms with Gasteiger partial charge in [0, 0.05) is 10.7 Å². The average Bonchev–Trinajstić information content (AvgIpc) is 2.58. The van der Waals surface area contributed by atoms with E-state index in [0.29, 0.717) is 16.5 Å². The van der Waals surface area contributed by atoms with Crippen LogP contribution in [0.1, 0.15) is 13.8 Å². The first-order valence-corrected chi connectivity index (χ1v) is 7.92. The fourth-order valence-corrected chi connectivity index (χ4v) is 1.99. The molecule has 0 aliphatic carbocycles. The minimum atomic E-state index is -1.01. The number of rotatable bonds is 6. The summed E-state index contributed by atoms with van der Waals surface area (Å²) in [5, 5.41) is 3.16. The number of carbonyl (C=O) groups is 2. The van der Waals surface area contributed by atoms with Crippen molar-refractivity contribution in [1.29, 1.82) is 0 Å². The van der Waals surface area contributed by atoms with Gasteiger partial charge in [-0.05, 0) is 62.4 Å². The summed E-state index contributed by atoms with van der Waals surface area (Å²) in [5.41, 5.74) is 0.535. The van der Waals surface area contributed by atoms with Crippen LogP contribution >= 0.6 is 11.6 Å². The predicted molar refractivity (Wildman–Crippen MR) is 92.1 cm³/mol. The van der Waals surface area contributed by atoms with Crippen LogP contribution in [-0.4, -0.2) is 24.1 Å². The summed E-state index contributed by atoms with van der Waals surface area (Å²) in [5.74, 6) is -1.27.